The fraction of sp³-hybridized carbons (Fsp3) is 0.438. The first-order valence-corrected chi connectivity index (χ1v) is 7.54. The van der Waals surface area contributed by atoms with Crippen LogP contribution in [0.5, 0.6) is 5.75 Å². The van der Waals surface area contributed by atoms with Crippen molar-refractivity contribution in [1.82, 2.24) is 9.97 Å². The van der Waals surface area contributed by atoms with Gasteiger partial charge in [-0.05, 0) is 37.0 Å². The molecule has 1 aliphatic rings. The van der Waals surface area contributed by atoms with Crippen LogP contribution in [0, 0.1) is 5.92 Å². The van der Waals surface area contributed by atoms with Crippen molar-refractivity contribution in [3.05, 3.63) is 48.0 Å². The van der Waals surface area contributed by atoms with E-state index in [1.807, 2.05) is 24.3 Å². The fourth-order valence-electron chi connectivity index (χ4n) is 2.32. The zero-order valence-electron chi connectivity index (χ0n) is 11.6. The van der Waals surface area contributed by atoms with E-state index >= 15 is 0 Å². The predicted molar refractivity (Wildman–Crippen MR) is 82.1 cm³/mol. The van der Waals surface area contributed by atoms with E-state index in [0.29, 0.717) is 5.15 Å². The van der Waals surface area contributed by atoms with Crippen LogP contribution in [0.1, 0.15) is 32.1 Å². The lowest BCUT2D eigenvalue weighted by Gasteiger charge is -2.21. The number of hydrogen-bond donors (Lipinski definition) is 1. The number of nitrogens with one attached hydrogen (secondary N) is 1. The zero-order chi connectivity index (χ0) is 14.0. The van der Waals surface area contributed by atoms with Gasteiger partial charge in [-0.15, -0.1) is 0 Å². The average Bonchev–Trinajstić information content (AvgIpc) is 2.94. The third-order valence-electron chi connectivity index (χ3n) is 3.43. The molecule has 1 saturated carbocycles. The van der Waals surface area contributed by atoms with Crippen molar-refractivity contribution in [2.75, 3.05) is 6.61 Å². The Bertz CT molecular complexity index is 440. The molecule has 0 radical (unpaired) electrons. The highest BCUT2D eigenvalue weighted by molar-refractivity contribution is 6.30. The van der Waals surface area contributed by atoms with Crippen LogP contribution in [0.4, 0.5) is 0 Å². The molecule has 0 spiro atoms. The van der Waals surface area contributed by atoms with E-state index in [-0.39, 0.29) is 0 Å². The number of H-pyrrole nitrogens is 1. The Labute approximate surface area is 125 Å². The first kappa shape index (κ1) is 14.9. The van der Waals surface area contributed by atoms with Crippen molar-refractivity contribution in [1.29, 1.82) is 0 Å². The molecule has 0 atom stereocenters. The van der Waals surface area contributed by atoms with Gasteiger partial charge in [0.1, 0.15) is 5.15 Å². The third kappa shape index (κ3) is 5.25. The Morgan fingerprint density at radius 1 is 1.15 bits per heavy atom. The molecular formula is C16H21ClN2O. The van der Waals surface area contributed by atoms with E-state index in [1.165, 1.54) is 32.1 Å². The van der Waals surface area contributed by atoms with E-state index < -0.39 is 0 Å². The third-order valence-corrected chi connectivity index (χ3v) is 3.72. The lowest BCUT2D eigenvalue weighted by atomic mass is 9.90. The summed E-state index contributed by atoms with van der Waals surface area (Å²) in [6, 6.07) is 7.60. The molecule has 0 aromatic carbocycles. The van der Waals surface area contributed by atoms with Crippen molar-refractivity contribution >= 4 is 11.6 Å². The summed E-state index contributed by atoms with van der Waals surface area (Å²) in [5, 5.41) is 0.612. The molecule has 1 aliphatic carbocycles. The summed E-state index contributed by atoms with van der Waals surface area (Å²) in [6.07, 6.45) is 12.0. The molecule has 2 aromatic heterocycles. The van der Waals surface area contributed by atoms with E-state index in [9.17, 15) is 0 Å². The molecule has 3 nitrogen and oxygen atoms in total. The summed E-state index contributed by atoms with van der Waals surface area (Å²) in [4.78, 5) is 6.68. The minimum Gasteiger partial charge on any atom is -0.490 e. The van der Waals surface area contributed by atoms with Crippen molar-refractivity contribution in [2.45, 2.75) is 32.1 Å². The maximum absolute atomic E-state index is 5.88. The Kier molecular flexibility index (Phi) is 6.45. The summed E-state index contributed by atoms with van der Waals surface area (Å²) in [7, 11) is 0. The minimum atomic E-state index is 0.612. The quantitative estimate of drug-likeness (QED) is 0.889. The molecule has 0 bridgehead atoms. The average molecular weight is 293 g/mol. The lowest BCUT2D eigenvalue weighted by molar-refractivity contribution is 0.209. The first-order chi connectivity index (χ1) is 9.86. The van der Waals surface area contributed by atoms with Gasteiger partial charge in [-0.1, -0.05) is 36.9 Å². The van der Waals surface area contributed by atoms with E-state index in [1.54, 1.807) is 18.6 Å². The normalized spacial score (nSPS) is 15.2. The number of nitrogens with zero attached hydrogens (tertiary/aromatic N) is 1. The highest BCUT2D eigenvalue weighted by Crippen LogP contribution is 2.27. The van der Waals surface area contributed by atoms with Gasteiger partial charge in [0.05, 0.1) is 6.61 Å². The van der Waals surface area contributed by atoms with Gasteiger partial charge < -0.3 is 9.72 Å². The van der Waals surface area contributed by atoms with Gasteiger partial charge in [0.25, 0.3) is 0 Å². The van der Waals surface area contributed by atoms with Crippen molar-refractivity contribution < 1.29 is 4.74 Å². The predicted octanol–water partition coefficient (Wildman–Crippen LogP) is 4.71. The monoisotopic (exact) mass is 292 g/mol. The number of ether oxygens (including phenoxy) is 1. The minimum absolute atomic E-state index is 0.612. The molecule has 3 rings (SSSR count). The highest BCUT2D eigenvalue weighted by Gasteiger charge is 2.14. The second kappa shape index (κ2) is 8.64. The molecule has 0 unspecified atom stereocenters. The van der Waals surface area contributed by atoms with Crippen LogP contribution in [0.25, 0.3) is 0 Å². The maximum Gasteiger partial charge on any atom is 0.155 e. The molecule has 4 heteroatoms. The Morgan fingerprint density at radius 2 is 1.90 bits per heavy atom. The van der Waals surface area contributed by atoms with Gasteiger partial charge >= 0.3 is 0 Å². The Hall–Kier alpha value is -1.48. The number of aromatic nitrogens is 2. The van der Waals surface area contributed by atoms with Crippen molar-refractivity contribution in [3.8, 4) is 5.75 Å². The molecule has 2 aromatic rings. The number of halogens is 1. The zero-order valence-corrected chi connectivity index (χ0v) is 12.4. The van der Waals surface area contributed by atoms with E-state index in [2.05, 4.69) is 9.97 Å². The van der Waals surface area contributed by atoms with Crippen LogP contribution in [-0.2, 0) is 0 Å². The van der Waals surface area contributed by atoms with Gasteiger partial charge in [-0.3, -0.25) is 4.98 Å². The summed E-state index contributed by atoms with van der Waals surface area (Å²) in [6.45, 7) is 0.817. The maximum atomic E-state index is 5.88. The molecule has 1 fully saturated rings. The number of rotatable bonds is 3. The molecule has 0 saturated heterocycles. The van der Waals surface area contributed by atoms with E-state index in [4.69, 9.17) is 16.3 Å². The molecule has 0 aliphatic heterocycles. The topological polar surface area (TPSA) is 37.9 Å². The second-order valence-corrected chi connectivity index (χ2v) is 5.37. The number of hydrogen-bond acceptors (Lipinski definition) is 2. The van der Waals surface area contributed by atoms with Crippen LogP contribution in [-0.4, -0.2) is 16.6 Å². The largest absolute Gasteiger partial charge is 0.490 e. The molecular weight excluding hydrogens is 272 g/mol. The van der Waals surface area contributed by atoms with Crippen LogP contribution in [0.3, 0.4) is 0 Å². The van der Waals surface area contributed by atoms with Gasteiger partial charge in [-0.25, -0.2) is 0 Å². The first-order valence-electron chi connectivity index (χ1n) is 7.17. The summed E-state index contributed by atoms with van der Waals surface area (Å²) in [5.74, 6) is 1.52. The van der Waals surface area contributed by atoms with Crippen molar-refractivity contribution in [2.24, 2.45) is 5.92 Å². The lowest BCUT2D eigenvalue weighted by Crippen LogP contribution is -2.15. The van der Waals surface area contributed by atoms with Crippen LogP contribution in [0.2, 0.25) is 5.15 Å². The molecule has 0 amide bonds. The van der Waals surface area contributed by atoms with E-state index in [0.717, 1.165) is 18.3 Å². The molecule has 20 heavy (non-hydrogen) atoms. The molecule has 1 N–H and O–H groups in total. The van der Waals surface area contributed by atoms with Gasteiger partial charge in [0.2, 0.25) is 0 Å². The summed E-state index contributed by atoms with van der Waals surface area (Å²) in [5.41, 5.74) is 0. The van der Waals surface area contributed by atoms with Gasteiger partial charge in [-0.2, -0.15) is 0 Å². The van der Waals surface area contributed by atoms with Crippen molar-refractivity contribution in [3.63, 3.8) is 0 Å². The Morgan fingerprint density at radius 3 is 2.40 bits per heavy atom. The summed E-state index contributed by atoms with van der Waals surface area (Å²) >= 11 is 5.88. The highest BCUT2D eigenvalue weighted by atomic mass is 35.5. The van der Waals surface area contributed by atoms with Crippen LogP contribution >= 0.6 is 11.6 Å². The van der Waals surface area contributed by atoms with Crippen LogP contribution < -0.4 is 4.74 Å². The number of pyridine rings is 1. The van der Waals surface area contributed by atoms with Crippen LogP contribution in [0.15, 0.2) is 42.9 Å². The summed E-state index contributed by atoms with van der Waals surface area (Å²) < 4.78 is 5.65. The SMILES string of the molecule is Clc1[nH]ccc1OCC1CCCCC1.c1ccncc1. The second-order valence-electron chi connectivity index (χ2n) is 5.00. The smallest absolute Gasteiger partial charge is 0.155 e. The number of aromatic amines is 1. The van der Waals surface area contributed by atoms with Gasteiger partial charge in [0.15, 0.2) is 5.75 Å². The van der Waals surface area contributed by atoms with Gasteiger partial charge in [0, 0.05) is 18.6 Å². The molecule has 108 valence electrons. The fourth-order valence-corrected chi connectivity index (χ4v) is 2.50. The standard InChI is InChI=1S/C11H16ClNO.C5H5N/c12-11-10(6-7-13-11)14-8-9-4-2-1-3-5-9;1-2-4-6-5-3-1/h6-7,9,13H,1-5,8H2;1-5H. The molecule has 2 heterocycles. The Balaban J connectivity index is 0.000000205.